The van der Waals surface area contributed by atoms with E-state index in [1.165, 1.54) is 12.8 Å². The van der Waals surface area contributed by atoms with Crippen molar-refractivity contribution in [1.82, 2.24) is 24.9 Å². The van der Waals surface area contributed by atoms with Crippen molar-refractivity contribution in [2.45, 2.75) is 45.6 Å². The van der Waals surface area contributed by atoms with Gasteiger partial charge in [-0.25, -0.2) is 4.98 Å². The Kier molecular flexibility index (Phi) is 2.59. The van der Waals surface area contributed by atoms with E-state index >= 15 is 0 Å². The molecular weight excluding hydrogens is 226 g/mol. The molecule has 0 aromatic carbocycles. The third-order valence-electron chi connectivity index (χ3n) is 3.80. The van der Waals surface area contributed by atoms with Crippen LogP contribution in [0.4, 0.5) is 0 Å². The SMILES string of the molecule is Cc1cc2nnc(C3(C)CCCCN3)n2c(C)n1. The van der Waals surface area contributed by atoms with E-state index in [1.807, 2.05) is 19.9 Å². The molecular formula is C13H19N5. The molecule has 5 heteroatoms. The number of nitrogens with zero attached hydrogens (tertiary/aromatic N) is 4. The van der Waals surface area contributed by atoms with Crippen LogP contribution in [0.15, 0.2) is 6.07 Å². The summed E-state index contributed by atoms with van der Waals surface area (Å²) in [5, 5.41) is 12.3. The molecule has 1 atom stereocenters. The van der Waals surface area contributed by atoms with Crippen molar-refractivity contribution < 1.29 is 0 Å². The van der Waals surface area contributed by atoms with Crippen molar-refractivity contribution in [3.05, 3.63) is 23.4 Å². The lowest BCUT2D eigenvalue weighted by atomic mass is 9.90. The lowest BCUT2D eigenvalue weighted by molar-refractivity contribution is 0.266. The number of fused-ring (bicyclic) bond motifs is 1. The normalized spacial score (nSPS) is 24.6. The summed E-state index contributed by atoms with van der Waals surface area (Å²) in [5.41, 5.74) is 1.80. The van der Waals surface area contributed by atoms with E-state index in [0.29, 0.717) is 0 Å². The molecule has 2 aromatic heterocycles. The molecule has 0 amide bonds. The monoisotopic (exact) mass is 245 g/mol. The van der Waals surface area contributed by atoms with Crippen molar-refractivity contribution >= 4 is 5.65 Å². The van der Waals surface area contributed by atoms with Gasteiger partial charge in [0.2, 0.25) is 0 Å². The van der Waals surface area contributed by atoms with Crippen LogP contribution in [-0.4, -0.2) is 26.1 Å². The predicted octanol–water partition coefficient (Wildman–Crippen LogP) is 1.73. The Labute approximate surface area is 107 Å². The number of aromatic nitrogens is 4. The van der Waals surface area contributed by atoms with Gasteiger partial charge in [-0.05, 0) is 46.6 Å². The van der Waals surface area contributed by atoms with Gasteiger partial charge in [-0.3, -0.25) is 4.40 Å². The second-order valence-electron chi connectivity index (χ2n) is 5.38. The van der Waals surface area contributed by atoms with Crippen LogP contribution in [0, 0.1) is 13.8 Å². The van der Waals surface area contributed by atoms with Gasteiger partial charge in [-0.15, -0.1) is 10.2 Å². The highest BCUT2D eigenvalue weighted by Gasteiger charge is 2.33. The number of aryl methyl sites for hydroxylation is 2. The van der Waals surface area contributed by atoms with Crippen molar-refractivity contribution in [2.24, 2.45) is 0 Å². The van der Waals surface area contributed by atoms with Crippen LogP contribution in [0.3, 0.4) is 0 Å². The maximum absolute atomic E-state index is 4.52. The Morgan fingerprint density at radius 2 is 2.11 bits per heavy atom. The van der Waals surface area contributed by atoms with Crippen LogP contribution >= 0.6 is 0 Å². The molecule has 18 heavy (non-hydrogen) atoms. The van der Waals surface area contributed by atoms with Crippen molar-refractivity contribution in [1.29, 1.82) is 0 Å². The molecule has 1 aliphatic heterocycles. The molecule has 0 aliphatic carbocycles. The lowest BCUT2D eigenvalue weighted by Gasteiger charge is -2.33. The third kappa shape index (κ3) is 1.70. The first-order valence-electron chi connectivity index (χ1n) is 6.55. The molecule has 1 aliphatic rings. The van der Waals surface area contributed by atoms with Crippen molar-refractivity contribution in [3.63, 3.8) is 0 Å². The molecule has 0 spiro atoms. The Hall–Kier alpha value is -1.49. The van der Waals surface area contributed by atoms with Crippen LogP contribution in [0.5, 0.6) is 0 Å². The van der Waals surface area contributed by atoms with Crippen LogP contribution in [0.1, 0.15) is 43.5 Å². The second kappa shape index (κ2) is 4.02. The lowest BCUT2D eigenvalue weighted by Crippen LogP contribution is -2.44. The van der Waals surface area contributed by atoms with Gasteiger partial charge < -0.3 is 5.32 Å². The Balaban J connectivity index is 2.17. The molecule has 1 saturated heterocycles. The summed E-state index contributed by atoms with van der Waals surface area (Å²) < 4.78 is 2.07. The van der Waals surface area contributed by atoms with Gasteiger partial charge in [0.25, 0.3) is 0 Å². The summed E-state index contributed by atoms with van der Waals surface area (Å²) in [5.74, 6) is 1.95. The smallest absolute Gasteiger partial charge is 0.164 e. The molecule has 3 rings (SSSR count). The molecule has 5 nitrogen and oxygen atoms in total. The molecule has 0 bridgehead atoms. The zero-order valence-electron chi connectivity index (χ0n) is 11.2. The first-order valence-corrected chi connectivity index (χ1v) is 6.55. The molecule has 1 unspecified atom stereocenters. The molecule has 0 saturated carbocycles. The highest BCUT2D eigenvalue weighted by Crippen LogP contribution is 2.29. The quantitative estimate of drug-likeness (QED) is 0.831. The van der Waals surface area contributed by atoms with Crippen LogP contribution in [-0.2, 0) is 5.54 Å². The number of piperidine rings is 1. The fourth-order valence-electron chi connectivity index (χ4n) is 2.84. The van der Waals surface area contributed by atoms with E-state index in [2.05, 4.69) is 31.8 Å². The van der Waals surface area contributed by atoms with Gasteiger partial charge in [0.1, 0.15) is 5.82 Å². The summed E-state index contributed by atoms with van der Waals surface area (Å²) in [7, 11) is 0. The van der Waals surface area contributed by atoms with Gasteiger partial charge in [-0.2, -0.15) is 0 Å². The Morgan fingerprint density at radius 3 is 2.83 bits per heavy atom. The highest BCUT2D eigenvalue weighted by atomic mass is 15.3. The summed E-state index contributed by atoms with van der Waals surface area (Å²) in [6.07, 6.45) is 3.57. The van der Waals surface area contributed by atoms with E-state index in [0.717, 1.165) is 36.0 Å². The number of hydrogen-bond acceptors (Lipinski definition) is 4. The molecule has 1 N–H and O–H groups in total. The maximum atomic E-state index is 4.52. The Bertz CT molecular complexity index is 580. The average molecular weight is 245 g/mol. The zero-order valence-corrected chi connectivity index (χ0v) is 11.2. The first-order chi connectivity index (χ1) is 8.60. The fraction of sp³-hybridized carbons (Fsp3) is 0.615. The minimum absolute atomic E-state index is 0.0840. The minimum Gasteiger partial charge on any atom is -0.305 e. The zero-order chi connectivity index (χ0) is 12.8. The molecule has 2 aromatic rings. The average Bonchev–Trinajstić information content (AvgIpc) is 2.74. The van der Waals surface area contributed by atoms with Gasteiger partial charge in [-0.1, -0.05) is 0 Å². The second-order valence-corrected chi connectivity index (χ2v) is 5.38. The van der Waals surface area contributed by atoms with E-state index < -0.39 is 0 Å². The van der Waals surface area contributed by atoms with E-state index in [1.54, 1.807) is 0 Å². The summed E-state index contributed by atoms with van der Waals surface area (Å²) >= 11 is 0. The topological polar surface area (TPSA) is 55.1 Å². The van der Waals surface area contributed by atoms with Gasteiger partial charge in [0, 0.05) is 11.8 Å². The van der Waals surface area contributed by atoms with Gasteiger partial charge in [0.15, 0.2) is 11.5 Å². The van der Waals surface area contributed by atoms with E-state index in [9.17, 15) is 0 Å². The highest BCUT2D eigenvalue weighted by molar-refractivity contribution is 5.41. The summed E-state index contributed by atoms with van der Waals surface area (Å²) in [6, 6.07) is 1.98. The first kappa shape index (κ1) is 11.6. The standard InChI is InChI=1S/C13H19N5/c1-9-8-11-16-17-12(18(11)10(2)15-9)13(3)6-4-5-7-14-13/h8,14H,4-7H2,1-3H3. The predicted molar refractivity (Wildman–Crippen MR) is 69.5 cm³/mol. The van der Waals surface area contributed by atoms with Crippen molar-refractivity contribution in [3.8, 4) is 0 Å². The molecule has 96 valence electrons. The van der Waals surface area contributed by atoms with Crippen molar-refractivity contribution in [2.75, 3.05) is 6.54 Å². The summed E-state index contributed by atoms with van der Waals surface area (Å²) in [4.78, 5) is 4.52. The molecule has 3 heterocycles. The number of rotatable bonds is 1. The van der Waals surface area contributed by atoms with E-state index in [4.69, 9.17) is 0 Å². The van der Waals surface area contributed by atoms with Crippen LogP contribution < -0.4 is 5.32 Å². The number of hydrogen-bond donors (Lipinski definition) is 1. The summed E-state index contributed by atoms with van der Waals surface area (Å²) in [6.45, 7) is 7.26. The van der Waals surface area contributed by atoms with E-state index in [-0.39, 0.29) is 5.54 Å². The van der Waals surface area contributed by atoms with Crippen LogP contribution in [0.2, 0.25) is 0 Å². The van der Waals surface area contributed by atoms with Gasteiger partial charge in [0.05, 0.1) is 5.54 Å². The fourth-order valence-corrected chi connectivity index (χ4v) is 2.84. The number of nitrogens with one attached hydrogen (secondary N) is 1. The molecule has 0 radical (unpaired) electrons. The van der Waals surface area contributed by atoms with Crippen LogP contribution in [0.25, 0.3) is 5.65 Å². The Morgan fingerprint density at radius 1 is 1.28 bits per heavy atom. The van der Waals surface area contributed by atoms with Gasteiger partial charge >= 0.3 is 0 Å². The maximum Gasteiger partial charge on any atom is 0.164 e. The minimum atomic E-state index is -0.0840. The largest absolute Gasteiger partial charge is 0.305 e. The third-order valence-corrected chi connectivity index (χ3v) is 3.80. The molecule has 1 fully saturated rings.